The highest BCUT2D eigenvalue weighted by atomic mass is 16.5. The zero-order valence-corrected chi connectivity index (χ0v) is 11.4. The molecule has 0 aliphatic rings. The van der Waals surface area contributed by atoms with Gasteiger partial charge in [-0.2, -0.15) is 0 Å². The Morgan fingerprint density at radius 1 is 1.32 bits per heavy atom. The van der Waals surface area contributed by atoms with Crippen LogP contribution >= 0.6 is 0 Å². The first-order valence-corrected chi connectivity index (χ1v) is 6.46. The Morgan fingerprint density at radius 3 is 2.58 bits per heavy atom. The van der Waals surface area contributed by atoms with E-state index in [0.717, 1.165) is 6.42 Å². The number of amides is 1. The van der Waals surface area contributed by atoms with Crippen molar-refractivity contribution in [3.8, 4) is 0 Å². The van der Waals surface area contributed by atoms with E-state index in [0.29, 0.717) is 19.6 Å². The zero-order chi connectivity index (χ0) is 14.1. The monoisotopic (exact) mass is 265 g/mol. The SMILES string of the molecule is COCC(N)C(=O)N(CCN)CCc1ccccc1. The van der Waals surface area contributed by atoms with E-state index in [4.69, 9.17) is 16.2 Å². The van der Waals surface area contributed by atoms with E-state index in [-0.39, 0.29) is 12.5 Å². The van der Waals surface area contributed by atoms with Gasteiger partial charge in [0.05, 0.1) is 6.61 Å². The summed E-state index contributed by atoms with van der Waals surface area (Å²) in [5.41, 5.74) is 12.5. The van der Waals surface area contributed by atoms with Gasteiger partial charge in [-0.05, 0) is 12.0 Å². The molecule has 1 atom stereocenters. The smallest absolute Gasteiger partial charge is 0.241 e. The Labute approximate surface area is 114 Å². The summed E-state index contributed by atoms with van der Waals surface area (Å²) in [4.78, 5) is 13.8. The van der Waals surface area contributed by atoms with Crippen molar-refractivity contribution >= 4 is 5.91 Å². The summed E-state index contributed by atoms with van der Waals surface area (Å²) in [6.07, 6.45) is 0.798. The Kier molecular flexibility index (Phi) is 7.10. The summed E-state index contributed by atoms with van der Waals surface area (Å²) in [6.45, 7) is 1.80. The molecule has 0 aromatic heterocycles. The van der Waals surface area contributed by atoms with Crippen LogP contribution in [-0.4, -0.2) is 50.2 Å². The minimum Gasteiger partial charge on any atom is -0.383 e. The fourth-order valence-electron chi connectivity index (χ4n) is 1.88. The van der Waals surface area contributed by atoms with Crippen LogP contribution in [0, 0.1) is 0 Å². The lowest BCUT2D eigenvalue weighted by molar-refractivity contribution is -0.133. The highest BCUT2D eigenvalue weighted by molar-refractivity contribution is 5.81. The lowest BCUT2D eigenvalue weighted by Crippen LogP contribution is -2.48. The molecule has 19 heavy (non-hydrogen) atoms. The molecule has 0 spiro atoms. The number of nitrogens with two attached hydrogens (primary N) is 2. The van der Waals surface area contributed by atoms with E-state index in [1.807, 2.05) is 30.3 Å². The lowest BCUT2D eigenvalue weighted by Gasteiger charge is -2.25. The van der Waals surface area contributed by atoms with Crippen LogP contribution in [0.2, 0.25) is 0 Å². The number of methoxy groups -OCH3 is 1. The maximum absolute atomic E-state index is 12.1. The van der Waals surface area contributed by atoms with Crippen molar-refractivity contribution in [3.63, 3.8) is 0 Å². The molecule has 0 bridgehead atoms. The van der Waals surface area contributed by atoms with Crippen LogP contribution in [0.15, 0.2) is 30.3 Å². The molecule has 5 nitrogen and oxygen atoms in total. The number of hydrogen-bond acceptors (Lipinski definition) is 4. The highest BCUT2D eigenvalue weighted by Crippen LogP contribution is 2.02. The van der Waals surface area contributed by atoms with E-state index in [9.17, 15) is 4.79 Å². The number of carbonyl (C=O) groups is 1. The van der Waals surface area contributed by atoms with Gasteiger partial charge in [-0.1, -0.05) is 30.3 Å². The van der Waals surface area contributed by atoms with Crippen LogP contribution < -0.4 is 11.5 Å². The van der Waals surface area contributed by atoms with Gasteiger partial charge in [-0.15, -0.1) is 0 Å². The third kappa shape index (κ3) is 5.38. The van der Waals surface area contributed by atoms with Crippen molar-refractivity contribution in [3.05, 3.63) is 35.9 Å². The summed E-state index contributed by atoms with van der Waals surface area (Å²) >= 11 is 0. The van der Waals surface area contributed by atoms with Crippen molar-refractivity contribution in [1.82, 2.24) is 4.90 Å². The third-order valence-corrected chi connectivity index (χ3v) is 2.89. The van der Waals surface area contributed by atoms with Crippen molar-refractivity contribution < 1.29 is 9.53 Å². The molecule has 1 amide bonds. The minimum absolute atomic E-state index is 0.108. The first-order chi connectivity index (χ1) is 9.19. The molecule has 0 radical (unpaired) electrons. The molecular formula is C14H23N3O2. The Bertz CT molecular complexity index is 370. The molecule has 1 aromatic carbocycles. The van der Waals surface area contributed by atoms with Crippen molar-refractivity contribution in [1.29, 1.82) is 0 Å². The molecule has 4 N–H and O–H groups in total. The molecule has 0 aliphatic carbocycles. The van der Waals surface area contributed by atoms with Crippen LogP contribution in [0.1, 0.15) is 5.56 Å². The maximum Gasteiger partial charge on any atom is 0.241 e. The van der Waals surface area contributed by atoms with Gasteiger partial charge in [-0.3, -0.25) is 4.79 Å². The molecule has 1 aromatic rings. The predicted octanol–water partition coefficient (Wildman–Crippen LogP) is -0.00990. The molecule has 0 saturated heterocycles. The van der Waals surface area contributed by atoms with E-state index in [2.05, 4.69) is 0 Å². The largest absolute Gasteiger partial charge is 0.383 e. The number of hydrogen-bond donors (Lipinski definition) is 2. The van der Waals surface area contributed by atoms with Crippen molar-refractivity contribution in [2.75, 3.05) is 33.4 Å². The number of rotatable bonds is 8. The van der Waals surface area contributed by atoms with E-state index in [1.165, 1.54) is 12.7 Å². The molecular weight excluding hydrogens is 242 g/mol. The summed E-state index contributed by atoms with van der Waals surface area (Å²) < 4.78 is 4.91. The van der Waals surface area contributed by atoms with Crippen LogP contribution in [-0.2, 0) is 16.0 Å². The summed E-state index contributed by atoms with van der Waals surface area (Å²) in [5, 5.41) is 0. The quantitative estimate of drug-likeness (QED) is 0.692. The molecule has 1 rings (SSSR count). The van der Waals surface area contributed by atoms with Crippen LogP contribution in [0.4, 0.5) is 0 Å². The number of ether oxygens (including phenoxy) is 1. The minimum atomic E-state index is -0.618. The number of benzene rings is 1. The molecule has 0 aliphatic heterocycles. The molecule has 0 heterocycles. The van der Waals surface area contributed by atoms with Gasteiger partial charge < -0.3 is 21.1 Å². The van der Waals surface area contributed by atoms with Crippen molar-refractivity contribution in [2.24, 2.45) is 11.5 Å². The summed E-state index contributed by atoms with van der Waals surface area (Å²) in [7, 11) is 1.53. The van der Waals surface area contributed by atoms with Crippen LogP contribution in [0.3, 0.4) is 0 Å². The second kappa shape index (κ2) is 8.63. The average Bonchev–Trinajstić information content (AvgIpc) is 2.44. The normalized spacial score (nSPS) is 12.2. The Hall–Kier alpha value is -1.43. The molecule has 106 valence electrons. The average molecular weight is 265 g/mol. The second-order valence-corrected chi connectivity index (χ2v) is 4.41. The van der Waals surface area contributed by atoms with Gasteiger partial charge in [0.15, 0.2) is 0 Å². The standard InChI is InChI=1S/C14H23N3O2/c1-19-11-13(16)14(18)17(10-8-15)9-7-12-5-3-2-4-6-12/h2-6,13H,7-11,15-16H2,1H3. The fraction of sp³-hybridized carbons (Fsp3) is 0.500. The topological polar surface area (TPSA) is 81.6 Å². The van der Waals surface area contributed by atoms with Gasteiger partial charge in [0.25, 0.3) is 0 Å². The fourth-order valence-corrected chi connectivity index (χ4v) is 1.88. The third-order valence-electron chi connectivity index (χ3n) is 2.89. The Balaban J connectivity index is 2.54. The Morgan fingerprint density at radius 2 is 2.00 bits per heavy atom. The van der Waals surface area contributed by atoms with E-state index >= 15 is 0 Å². The molecule has 0 fully saturated rings. The first-order valence-electron chi connectivity index (χ1n) is 6.46. The van der Waals surface area contributed by atoms with Gasteiger partial charge >= 0.3 is 0 Å². The highest BCUT2D eigenvalue weighted by Gasteiger charge is 2.20. The molecule has 1 unspecified atom stereocenters. The van der Waals surface area contributed by atoms with Crippen LogP contribution in [0.5, 0.6) is 0 Å². The van der Waals surface area contributed by atoms with E-state index < -0.39 is 6.04 Å². The molecule has 0 saturated carbocycles. The number of nitrogens with zero attached hydrogens (tertiary/aromatic N) is 1. The van der Waals surface area contributed by atoms with Crippen molar-refractivity contribution in [2.45, 2.75) is 12.5 Å². The van der Waals surface area contributed by atoms with Gasteiger partial charge in [-0.25, -0.2) is 0 Å². The van der Waals surface area contributed by atoms with Crippen LogP contribution in [0.25, 0.3) is 0 Å². The predicted molar refractivity (Wildman–Crippen MR) is 75.6 cm³/mol. The van der Waals surface area contributed by atoms with Gasteiger partial charge in [0.1, 0.15) is 6.04 Å². The zero-order valence-electron chi connectivity index (χ0n) is 11.4. The molecule has 5 heteroatoms. The van der Waals surface area contributed by atoms with E-state index in [1.54, 1.807) is 4.90 Å². The lowest BCUT2D eigenvalue weighted by atomic mass is 10.1. The number of carbonyl (C=O) groups excluding carboxylic acids is 1. The maximum atomic E-state index is 12.1. The van der Waals surface area contributed by atoms with Gasteiger partial charge in [0.2, 0.25) is 5.91 Å². The summed E-state index contributed by atoms with van der Waals surface area (Å²) in [6, 6.07) is 9.41. The first kappa shape index (κ1) is 15.6. The summed E-state index contributed by atoms with van der Waals surface area (Å²) in [5.74, 6) is -0.108. The second-order valence-electron chi connectivity index (χ2n) is 4.41. The van der Waals surface area contributed by atoms with Gasteiger partial charge in [0, 0.05) is 26.7 Å².